The molecular weight excluding hydrogens is 416 g/mol. The highest BCUT2D eigenvalue weighted by atomic mass is 16.4. The van der Waals surface area contributed by atoms with Crippen molar-refractivity contribution in [3.8, 4) is 0 Å². The number of carboxylic acid groups (broad SMARTS) is 2. The largest absolute Gasteiger partial charge is 0.481 e. The Morgan fingerprint density at radius 1 is 1.06 bits per heavy atom. The molecule has 172 valence electrons. The Balaban J connectivity index is 2.83. The molecule has 0 bridgehead atoms. The predicted octanol–water partition coefficient (Wildman–Crippen LogP) is -3.30. The van der Waals surface area contributed by atoms with Crippen molar-refractivity contribution in [1.82, 2.24) is 25.9 Å². The molecule has 1 rings (SSSR count). The van der Waals surface area contributed by atoms with E-state index >= 15 is 0 Å². The highest BCUT2D eigenvalue weighted by molar-refractivity contribution is 5.94. The number of aromatic amines is 1. The molecule has 31 heavy (non-hydrogen) atoms. The SMILES string of the molecule is CC(NC(=O)C(Cc1cnc[nH]1)NC(=O)C(CO)NC(=O)C(N)CCC(=O)O)C(=O)O. The Kier molecular flexibility index (Phi) is 10.1. The minimum absolute atomic E-state index is 0.0753. The van der Waals surface area contributed by atoms with E-state index in [1.165, 1.54) is 19.4 Å². The van der Waals surface area contributed by atoms with E-state index in [1.807, 2.05) is 0 Å². The number of rotatable bonds is 13. The number of imidazole rings is 1. The molecule has 0 aliphatic carbocycles. The van der Waals surface area contributed by atoms with E-state index in [1.54, 1.807) is 0 Å². The Morgan fingerprint density at radius 2 is 1.68 bits per heavy atom. The van der Waals surface area contributed by atoms with Crippen molar-refractivity contribution in [2.24, 2.45) is 5.73 Å². The summed E-state index contributed by atoms with van der Waals surface area (Å²) < 4.78 is 0. The summed E-state index contributed by atoms with van der Waals surface area (Å²) in [5.74, 6) is -5.02. The maximum atomic E-state index is 12.5. The topological polar surface area (TPSA) is 237 Å². The number of carboxylic acids is 2. The monoisotopic (exact) mass is 442 g/mol. The second-order valence-corrected chi connectivity index (χ2v) is 6.69. The molecule has 9 N–H and O–H groups in total. The van der Waals surface area contributed by atoms with Gasteiger partial charge in [-0.1, -0.05) is 0 Å². The quantitative estimate of drug-likeness (QED) is 0.151. The van der Waals surface area contributed by atoms with Crippen LogP contribution in [-0.4, -0.2) is 85.7 Å². The third kappa shape index (κ3) is 8.79. The van der Waals surface area contributed by atoms with Crippen LogP contribution in [0.5, 0.6) is 0 Å². The van der Waals surface area contributed by atoms with Gasteiger partial charge in [0, 0.05) is 24.7 Å². The van der Waals surface area contributed by atoms with Gasteiger partial charge in [0.05, 0.1) is 19.0 Å². The molecule has 0 aliphatic rings. The normalized spacial score (nSPS) is 14.5. The molecular formula is C17H26N6O8. The van der Waals surface area contributed by atoms with Crippen LogP contribution in [0.25, 0.3) is 0 Å². The number of hydrogen-bond acceptors (Lipinski definition) is 8. The van der Waals surface area contributed by atoms with Crippen molar-refractivity contribution in [2.75, 3.05) is 6.61 Å². The van der Waals surface area contributed by atoms with Crippen molar-refractivity contribution in [2.45, 2.75) is 50.4 Å². The zero-order valence-electron chi connectivity index (χ0n) is 16.7. The molecule has 0 aliphatic heterocycles. The van der Waals surface area contributed by atoms with Gasteiger partial charge in [-0.15, -0.1) is 0 Å². The Labute approximate surface area is 176 Å². The molecule has 0 radical (unpaired) electrons. The molecule has 0 saturated carbocycles. The van der Waals surface area contributed by atoms with Crippen molar-refractivity contribution in [3.05, 3.63) is 18.2 Å². The van der Waals surface area contributed by atoms with Crippen LogP contribution in [0.15, 0.2) is 12.5 Å². The molecule has 0 saturated heterocycles. The first-order chi connectivity index (χ1) is 14.5. The summed E-state index contributed by atoms with van der Waals surface area (Å²) in [6, 6.07) is -5.17. The molecule has 1 aromatic heterocycles. The number of H-pyrrole nitrogens is 1. The Bertz CT molecular complexity index is 784. The number of carbonyl (C=O) groups is 5. The molecule has 1 heterocycles. The minimum atomic E-state index is -1.47. The second kappa shape index (κ2) is 12.2. The Hall–Kier alpha value is -3.52. The standard InChI is InChI=1S/C17H26N6O8/c1-8(17(30)31)21-15(28)11(4-9-5-19-7-20-9)22-16(29)12(6-24)23-14(27)10(18)2-3-13(25)26/h5,7-8,10-12,24H,2-4,6,18H2,1H3,(H,19,20)(H,21,28)(H,22,29)(H,23,27)(H,25,26)(H,30,31). The molecule has 3 amide bonds. The van der Waals surface area contributed by atoms with E-state index in [2.05, 4.69) is 25.9 Å². The van der Waals surface area contributed by atoms with E-state index in [0.717, 1.165) is 0 Å². The van der Waals surface area contributed by atoms with Gasteiger partial charge in [0.25, 0.3) is 0 Å². The molecule has 0 spiro atoms. The fourth-order valence-corrected chi connectivity index (χ4v) is 2.36. The van der Waals surface area contributed by atoms with Gasteiger partial charge in [-0.25, -0.2) is 4.98 Å². The van der Waals surface area contributed by atoms with Crippen molar-refractivity contribution in [1.29, 1.82) is 0 Å². The van der Waals surface area contributed by atoms with E-state index < -0.39 is 60.4 Å². The molecule has 4 atom stereocenters. The lowest BCUT2D eigenvalue weighted by Crippen LogP contribution is -2.58. The van der Waals surface area contributed by atoms with Crippen LogP contribution < -0.4 is 21.7 Å². The first kappa shape index (κ1) is 25.5. The predicted molar refractivity (Wildman–Crippen MR) is 103 cm³/mol. The highest BCUT2D eigenvalue weighted by Crippen LogP contribution is 2.02. The summed E-state index contributed by atoms with van der Waals surface area (Å²) in [5, 5.41) is 33.8. The minimum Gasteiger partial charge on any atom is -0.481 e. The molecule has 4 unspecified atom stereocenters. The van der Waals surface area contributed by atoms with Crippen LogP contribution in [0.1, 0.15) is 25.5 Å². The van der Waals surface area contributed by atoms with E-state index in [0.29, 0.717) is 5.69 Å². The van der Waals surface area contributed by atoms with Gasteiger partial charge >= 0.3 is 11.9 Å². The van der Waals surface area contributed by atoms with Crippen molar-refractivity contribution in [3.63, 3.8) is 0 Å². The van der Waals surface area contributed by atoms with Gasteiger partial charge in [0.15, 0.2) is 0 Å². The van der Waals surface area contributed by atoms with Crippen LogP contribution in [0.3, 0.4) is 0 Å². The number of aliphatic hydroxyl groups excluding tert-OH is 1. The number of aliphatic carboxylic acids is 2. The van der Waals surface area contributed by atoms with Crippen molar-refractivity contribution < 1.29 is 39.3 Å². The van der Waals surface area contributed by atoms with Gasteiger partial charge < -0.3 is 42.0 Å². The highest BCUT2D eigenvalue weighted by Gasteiger charge is 2.29. The zero-order chi connectivity index (χ0) is 23.6. The molecule has 14 nitrogen and oxygen atoms in total. The van der Waals surface area contributed by atoms with Crippen LogP contribution >= 0.6 is 0 Å². The number of aliphatic hydroxyl groups is 1. The summed E-state index contributed by atoms with van der Waals surface area (Å²) >= 11 is 0. The lowest BCUT2D eigenvalue weighted by molar-refractivity contribution is -0.142. The Morgan fingerprint density at radius 3 is 2.19 bits per heavy atom. The molecule has 14 heteroatoms. The van der Waals surface area contributed by atoms with Gasteiger partial charge in [-0.05, 0) is 13.3 Å². The van der Waals surface area contributed by atoms with Gasteiger partial charge in [0.1, 0.15) is 18.1 Å². The third-order valence-corrected chi connectivity index (χ3v) is 4.16. The molecule has 0 aromatic carbocycles. The van der Waals surface area contributed by atoms with Crippen LogP contribution in [0.2, 0.25) is 0 Å². The fraction of sp³-hybridized carbons (Fsp3) is 0.529. The van der Waals surface area contributed by atoms with Crippen LogP contribution in [0.4, 0.5) is 0 Å². The summed E-state index contributed by atoms with van der Waals surface area (Å²) in [6.45, 7) is 0.414. The average Bonchev–Trinajstić information content (AvgIpc) is 3.22. The first-order valence-electron chi connectivity index (χ1n) is 9.24. The third-order valence-electron chi connectivity index (χ3n) is 4.16. The lowest BCUT2D eigenvalue weighted by atomic mass is 10.1. The summed E-state index contributed by atoms with van der Waals surface area (Å²) in [4.78, 5) is 65.1. The van der Waals surface area contributed by atoms with Gasteiger partial charge in [-0.3, -0.25) is 24.0 Å². The number of nitrogens with zero attached hydrogens (tertiary/aromatic N) is 1. The van der Waals surface area contributed by atoms with Gasteiger partial charge in [0.2, 0.25) is 17.7 Å². The summed E-state index contributed by atoms with van der Waals surface area (Å²) in [7, 11) is 0. The molecule has 1 aromatic rings. The van der Waals surface area contributed by atoms with E-state index in [9.17, 15) is 29.1 Å². The average molecular weight is 442 g/mol. The second-order valence-electron chi connectivity index (χ2n) is 6.69. The number of aromatic nitrogens is 2. The van der Waals surface area contributed by atoms with Crippen LogP contribution in [0, 0.1) is 0 Å². The summed E-state index contributed by atoms with van der Waals surface area (Å²) in [6.07, 6.45) is 2.13. The van der Waals surface area contributed by atoms with E-state index in [-0.39, 0.29) is 19.3 Å². The number of nitrogens with one attached hydrogen (secondary N) is 4. The number of carbonyl (C=O) groups excluding carboxylic acids is 3. The fourth-order valence-electron chi connectivity index (χ4n) is 2.36. The maximum absolute atomic E-state index is 12.5. The van der Waals surface area contributed by atoms with Crippen molar-refractivity contribution >= 4 is 29.7 Å². The summed E-state index contributed by atoms with van der Waals surface area (Å²) in [5.41, 5.74) is 6.03. The smallest absolute Gasteiger partial charge is 0.325 e. The zero-order valence-corrected chi connectivity index (χ0v) is 16.7. The maximum Gasteiger partial charge on any atom is 0.325 e. The number of nitrogens with two attached hydrogens (primary N) is 1. The van der Waals surface area contributed by atoms with Crippen LogP contribution in [-0.2, 0) is 30.4 Å². The van der Waals surface area contributed by atoms with Gasteiger partial charge in [-0.2, -0.15) is 0 Å². The number of hydrogen-bond donors (Lipinski definition) is 8. The lowest BCUT2D eigenvalue weighted by Gasteiger charge is -2.23. The van der Waals surface area contributed by atoms with E-state index in [4.69, 9.17) is 15.9 Å². The first-order valence-corrected chi connectivity index (χ1v) is 9.24. The molecule has 0 fully saturated rings. The number of amides is 3.